The van der Waals surface area contributed by atoms with Crippen molar-refractivity contribution in [3.8, 4) is 17.1 Å². The van der Waals surface area contributed by atoms with E-state index in [1.165, 1.54) is 6.07 Å². The van der Waals surface area contributed by atoms with Crippen LogP contribution in [0.25, 0.3) is 17.1 Å². The number of hydrogen-bond donors (Lipinski definition) is 1. The SMILES string of the molecule is O=c1[nH]c(-c2ccncc2)nc2c1CCN(Cc1cccn1-c1ccccc1F)C2. The molecule has 0 amide bonds. The number of aromatic nitrogens is 4. The van der Waals surface area contributed by atoms with Crippen LogP contribution in [0.4, 0.5) is 4.39 Å². The Morgan fingerprint density at radius 1 is 1.07 bits per heavy atom. The minimum absolute atomic E-state index is 0.0822. The molecule has 4 aromatic rings. The van der Waals surface area contributed by atoms with Gasteiger partial charge in [-0.2, -0.15) is 0 Å². The lowest BCUT2D eigenvalue weighted by molar-refractivity contribution is 0.236. The van der Waals surface area contributed by atoms with Crippen LogP contribution >= 0.6 is 0 Å². The fraction of sp³-hybridized carbons (Fsp3) is 0.174. The van der Waals surface area contributed by atoms with Crippen LogP contribution in [0.1, 0.15) is 17.0 Å². The van der Waals surface area contributed by atoms with Crippen molar-refractivity contribution in [3.05, 3.63) is 100 Å². The lowest BCUT2D eigenvalue weighted by Crippen LogP contribution is -2.35. The number of rotatable bonds is 4. The first-order valence-electron chi connectivity index (χ1n) is 9.85. The highest BCUT2D eigenvalue weighted by Gasteiger charge is 2.22. The van der Waals surface area contributed by atoms with Crippen molar-refractivity contribution in [3.63, 3.8) is 0 Å². The van der Waals surface area contributed by atoms with Crippen molar-refractivity contribution in [2.24, 2.45) is 0 Å². The molecular weight excluding hydrogens is 381 g/mol. The third kappa shape index (κ3) is 3.44. The predicted molar refractivity (Wildman–Crippen MR) is 112 cm³/mol. The van der Waals surface area contributed by atoms with E-state index in [4.69, 9.17) is 4.98 Å². The van der Waals surface area contributed by atoms with E-state index in [0.29, 0.717) is 31.0 Å². The van der Waals surface area contributed by atoms with Crippen molar-refractivity contribution < 1.29 is 4.39 Å². The van der Waals surface area contributed by atoms with Gasteiger partial charge in [0.05, 0.1) is 11.4 Å². The van der Waals surface area contributed by atoms with Crippen LogP contribution in [0.3, 0.4) is 0 Å². The standard InChI is InChI=1S/C23H20FN5O/c24-19-5-1-2-6-21(19)29-12-3-4-17(29)14-28-13-9-18-20(15-28)26-22(27-23(18)30)16-7-10-25-11-8-16/h1-8,10-12H,9,13-15H2,(H,26,27,30). The molecule has 7 heteroatoms. The largest absolute Gasteiger partial charge is 0.317 e. The predicted octanol–water partition coefficient (Wildman–Crippen LogP) is 3.32. The molecule has 6 nitrogen and oxygen atoms in total. The molecule has 0 radical (unpaired) electrons. The molecule has 3 aromatic heterocycles. The number of aromatic amines is 1. The van der Waals surface area contributed by atoms with Crippen LogP contribution in [0.2, 0.25) is 0 Å². The second-order valence-corrected chi connectivity index (χ2v) is 7.36. The lowest BCUT2D eigenvalue weighted by atomic mass is 10.1. The summed E-state index contributed by atoms with van der Waals surface area (Å²) < 4.78 is 16.1. The van der Waals surface area contributed by atoms with Gasteiger partial charge in [0.2, 0.25) is 0 Å². The normalized spacial score (nSPS) is 13.9. The van der Waals surface area contributed by atoms with Crippen LogP contribution in [0, 0.1) is 5.82 Å². The Balaban J connectivity index is 1.42. The monoisotopic (exact) mass is 401 g/mol. The molecule has 0 saturated carbocycles. The molecule has 0 bridgehead atoms. The summed E-state index contributed by atoms with van der Waals surface area (Å²) in [5.41, 5.74) is 3.80. The zero-order chi connectivity index (χ0) is 20.5. The van der Waals surface area contributed by atoms with Gasteiger partial charge in [0.15, 0.2) is 0 Å². The molecule has 0 fully saturated rings. The molecule has 0 unspecified atom stereocenters. The number of hydrogen-bond acceptors (Lipinski definition) is 4. The Morgan fingerprint density at radius 2 is 1.90 bits per heavy atom. The van der Waals surface area contributed by atoms with E-state index in [-0.39, 0.29) is 11.4 Å². The number of halogens is 1. The lowest BCUT2D eigenvalue weighted by Gasteiger charge is -2.28. The Labute approximate surface area is 172 Å². The van der Waals surface area contributed by atoms with E-state index in [9.17, 15) is 9.18 Å². The van der Waals surface area contributed by atoms with Crippen molar-refractivity contribution in [1.29, 1.82) is 0 Å². The quantitative estimate of drug-likeness (QED) is 0.570. The summed E-state index contributed by atoms with van der Waals surface area (Å²) in [6, 6.07) is 14.3. The van der Waals surface area contributed by atoms with Crippen LogP contribution < -0.4 is 5.56 Å². The van der Waals surface area contributed by atoms with Crippen molar-refractivity contribution in [1.82, 2.24) is 24.4 Å². The van der Waals surface area contributed by atoms with Gasteiger partial charge >= 0.3 is 0 Å². The van der Waals surface area contributed by atoms with Crippen molar-refractivity contribution in [2.75, 3.05) is 6.54 Å². The van der Waals surface area contributed by atoms with Crippen LogP contribution in [-0.2, 0) is 19.5 Å². The number of pyridine rings is 1. The average molecular weight is 401 g/mol. The van der Waals surface area contributed by atoms with E-state index >= 15 is 0 Å². The highest BCUT2D eigenvalue weighted by molar-refractivity contribution is 5.54. The van der Waals surface area contributed by atoms with Crippen LogP contribution in [0.15, 0.2) is 71.9 Å². The molecule has 0 saturated heterocycles. The van der Waals surface area contributed by atoms with E-state index in [1.807, 2.05) is 41.1 Å². The van der Waals surface area contributed by atoms with E-state index in [0.717, 1.165) is 29.1 Å². The fourth-order valence-electron chi connectivity index (χ4n) is 3.93. The topological polar surface area (TPSA) is 66.8 Å². The molecule has 1 aliphatic heterocycles. The minimum atomic E-state index is -0.255. The first kappa shape index (κ1) is 18.4. The number of H-pyrrole nitrogens is 1. The molecule has 1 aliphatic rings. The Kier molecular flexibility index (Phi) is 4.72. The molecule has 4 heterocycles. The summed E-state index contributed by atoms with van der Waals surface area (Å²) in [6.45, 7) is 1.95. The number of para-hydroxylation sites is 1. The number of nitrogens with zero attached hydrogens (tertiary/aromatic N) is 4. The molecule has 0 atom stereocenters. The van der Waals surface area contributed by atoms with Gasteiger partial charge in [-0.3, -0.25) is 14.7 Å². The maximum absolute atomic E-state index is 14.3. The third-order valence-corrected chi connectivity index (χ3v) is 5.44. The molecule has 0 aliphatic carbocycles. The Hall–Kier alpha value is -3.58. The molecule has 150 valence electrons. The molecule has 1 N–H and O–H groups in total. The summed E-state index contributed by atoms with van der Waals surface area (Å²) in [5.74, 6) is 0.298. The average Bonchev–Trinajstić information content (AvgIpc) is 3.22. The molecule has 5 rings (SSSR count). The first-order valence-corrected chi connectivity index (χ1v) is 9.85. The highest BCUT2D eigenvalue weighted by atomic mass is 19.1. The van der Waals surface area contributed by atoms with Gasteiger partial charge in [0.1, 0.15) is 11.6 Å². The molecule has 0 spiro atoms. The van der Waals surface area contributed by atoms with Crippen molar-refractivity contribution >= 4 is 0 Å². The minimum Gasteiger partial charge on any atom is -0.317 e. The molecule has 1 aromatic carbocycles. The maximum Gasteiger partial charge on any atom is 0.254 e. The Bertz CT molecular complexity index is 1250. The number of benzene rings is 1. The smallest absolute Gasteiger partial charge is 0.254 e. The highest BCUT2D eigenvalue weighted by Crippen LogP contribution is 2.22. The van der Waals surface area contributed by atoms with Gasteiger partial charge in [-0.25, -0.2) is 9.37 Å². The van der Waals surface area contributed by atoms with Gasteiger partial charge in [-0.05, 0) is 42.8 Å². The van der Waals surface area contributed by atoms with Gasteiger partial charge in [0.25, 0.3) is 5.56 Å². The van der Waals surface area contributed by atoms with Crippen LogP contribution in [0.5, 0.6) is 0 Å². The van der Waals surface area contributed by atoms with Gasteiger partial charge in [-0.1, -0.05) is 12.1 Å². The Morgan fingerprint density at radius 3 is 2.73 bits per heavy atom. The number of fused-ring (bicyclic) bond motifs is 1. The van der Waals surface area contributed by atoms with Gasteiger partial charge in [-0.15, -0.1) is 0 Å². The summed E-state index contributed by atoms with van der Waals surface area (Å²) in [4.78, 5) is 26.5. The third-order valence-electron chi connectivity index (χ3n) is 5.44. The summed E-state index contributed by atoms with van der Waals surface area (Å²) >= 11 is 0. The second-order valence-electron chi connectivity index (χ2n) is 7.36. The molecule has 30 heavy (non-hydrogen) atoms. The fourth-order valence-corrected chi connectivity index (χ4v) is 3.93. The van der Waals surface area contributed by atoms with Gasteiger partial charge in [0, 0.05) is 55.0 Å². The number of nitrogens with one attached hydrogen (secondary N) is 1. The maximum atomic E-state index is 14.3. The zero-order valence-electron chi connectivity index (χ0n) is 16.3. The molecular formula is C23H20FN5O. The zero-order valence-corrected chi connectivity index (χ0v) is 16.3. The van der Waals surface area contributed by atoms with Crippen molar-refractivity contribution in [2.45, 2.75) is 19.5 Å². The summed E-state index contributed by atoms with van der Waals surface area (Å²) in [6.07, 6.45) is 5.86. The summed E-state index contributed by atoms with van der Waals surface area (Å²) in [7, 11) is 0. The first-order chi connectivity index (χ1) is 14.7. The second kappa shape index (κ2) is 7.68. The summed E-state index contributed by atoms with van der Waals surface area (Å²) in [5, 5.41) is 0. The van der Waals surface area contributed by atoms with E-state index in [1.54, 1.807) is 24.5 Å². The van der Waals surface area contributed by atoms with Gasteiger partial charge < -0.3 is 9.55 Å². The van der Waals surface area contributed by atoms with E-state index in [2.05, 4.69) is 14.9 Å². The van der Waals surface area contributed by atoms with E-state index < -0.39 is 0 Å². The van der Waals surface area contributed by atoms with Crippen LogP contribution in [-0.4, -0.2) is 31.0 Å².